The predicted molar refractivity (Wildman–Crippen MR) is 58.0 cm³/mol. The van der Waals surface area contributed by atoms with E-state index in [1.165, 1.54) is 0 Å². The van der Waals surface area contributed by atoms with Crippen LogP contribution >= 0.6 is 0 Å². The molecule has 0 aromatic rings. The fourth-order valence-corrected chi connectivity index (χ4v) is 1.27. The van der Waals surface area contributed by atoms with E-state index < -0.39 is 5.97 Å². The van der Waals surface area contributed by atoms with Gasteiger partial charge in [-0.15, -0.1) is 0 Å². The Balaban J connectivity index is 3.66. The maximum atomic E-state index is 10.5. The monoisotopic (exact) mass is 199 g/mol. The summed E-state index contributed by atoms with van der Waals surface area (Å²) in [5.74, 6) is -0.0467. The molecular weight excluding hydrogens is 178 g/mol. The molecule has 3 heteroatoms. The fraction of sp³-hybridized carbons (Fsp3) is 0.727. The van der Waals surface area contributed by atoms with Gasteiger partial charge in [0, 0.05) is 18.7 Å². The van der Waals surface area contributed by atoms with Crippen LogP contribution < -0.4 is 5.32 Å². The molecule has 0 aromatic heterocycles. The number of aliphatic carboxylic acids is 1. The van der Waals surface area contributed by atoms with Crippen molar-refractivity contribution in [1.82, 2.24) is 5.32 Å². The zero-order valence-corrected chi connectivity index (χ0v) is 9.34. The highest BCUT2D eigenvalue weighted by Gasteiger charge is 2.14. The van der Waals surface area contributed by atoms with Crippen molar-refractivity contribution >= 4 is 5.97 Å². The lowest BCUT2D eigenvalue weighted by molar-refractivity contribution is -0.138. The van der Waals surface area contributed by atoms with E-state index in [4.69, 9.17) is 5.11 Å². The Morgan fingerprint density at radius 3 is 2.43 bits per heavy atom. The maximum Gasteiger partial charge on any atom is 0.303 e. The zero-order chi connectivity index (χ0) is 11.1. The smallest absolute Gasteiger partial charge is 0.303 e. The first kappa shape index (κ1) is 13.0. The summed E-state index contributed by atoms with van der Waals surface area (Å²) in [5.41, 5.74) is 0.961. The summed E-state index contributed by atoms with van der Waals surface area (Å²) >= 11 is 0. The Kier molecular flexibility index (Phi) is 6.00. The highest BCUT2D eigenvalue weighted by atomic mass is 16.4. The van der Waals surface area contributed by atoms with Crippen LogP contribution in [0.5, 0.6) is 0 Å². The van der Waals surface area contributed by atoms with Gasteiger partial charge in [-0.2, -0.15) is 0 Å². The minimum atomic E-state index is -0.711. The number of hydrogen-bond donors (Lipinski definition) is 2. The number of carboxylic acids is 1. The van der Waals surface area contributed by atoms with Crippen molar-refractivity contribution < 1.29 is 9.90 Å². The van der Waals surface area contributed by atoms with E-state index in [1.807, 2.05) is 13.8 Å². The molecule has 14 heavy (non-hydrogen) atoms. The van der Waals surface area contributed by atoms with E-state index in [2.05, 4.69) is 18.8 Å². The lowest BCUT2D eigenvalue weighted by Crippen LogP contribution is -2.19. The van der Waals surface area contributed by atoms with Gasteiger partial charge < -0.3 is 10.4 Å². The van der Waals surface area contributed by atoms with Gasteiger partial charge in [-0.05, 0) is 25.2 Å². The molecule has 0 heterocycles. The standard InChI is InChI=1S/C11H21NO2/c1-8(2)12-6-5-9(3)10(4)7-11(13)14/h9-10,12H,1,5-7H2,2-4H3,(H,13,14)/t9-,10+/m1/s1. The molecule has 0 fully saturated rings. The molecule has 0 saturated heterocycles. The van der Waals surface area contributed by atoms with Gasteiger partial charge in [-0.1, -0.05) is 20.4 Å². The Hall–Kier alpha value is -0.990. The average molecular weight is 199 g/mol. The van der Waals surface area contributed by atoms with Gasteiger partial charge in [0.05, 0.1) is 0 Å². The summed E-state index contributed by atoms with van der Waals surface area (Å²) in [6.07, 6.45) is 1.25. The Bertz CT molecular complexity index is 201. The maximum absolute atomic E-state index is 10.5. The lowest BCUT2D eigenvalue weighted by Gasteiger charge is -2.18. The lowest BCUT2D eigenvalue weighted by atomic mass is 9.90. The number of carboxylic acid groups (broad SMARTS) is 1. The van der Waals surface area contributed by atoms with Gasteiger partial charge >= 0.3 is 5.97 Å². The molecule has 0 aliphatic heterocycles. The van der Waals surface area contributed by atoms with Crippen molar-refractivity contribution in [2.45, 2.75) is 33.6 Å². The Morgan fingerprint density at radius 2 is 2.00 bits per heavy atom. The second-order valence-corrected chi connectivity index (χ2v) is 4.05. The molecule has 0 spiro atoms. The van der Waals surface area contributed by atoms with E-state index in [0.29, 0.717) is 5.92 Å². The van der Waals surface area contributed by atoms with Crippen LogP contribution in [-0.2, 0) is 4.79 Å². The van der Waals surface area contributed by atoms with E-state index in [0.717, 1.165) is 18.7 Å². The normalized spacial score (nSPS) is 14.5. The van der Waals surface area contributed by atoms with Crippen molar-refractivity contribution in [3.63, 3.8) is 0 Å². The molecule has 0 aromatic carbocycles. The van der Waals surface area contributed by atoms with E-state index in [-0.39, 0.29) is 12.3 Å². The largest absolute Gasteiger partial charge is 0.481 e. The molecule has 0 bridgehead atoms. The topological polar surface area (TPSA) is 49.3 Å². The van der Waals surface area contributed by atoms with Gasteiger partial charge in [0.2, 0.25) is 0 Å². The SMILES string of the molecule is C=C(C)NCC[C@@H](C)[C@@H](C)CC(=O)O. The minimum Gasteiger partial charge on any atom is -0.481 e. The Labute approximate surface area is 86.2 Å². The second kappa shape index (κ2) is 6.46. The first-order valence-corrected chi connectivity index (χ1v) is 5.04. The van der Waals surface area contributed by atoms with Crippen molar-refractivity contribution in [3.05, 3.63) is 12.3 Å². The number of nitrogens with one attached hydrogen (secondary N) is 1. The molecule has 0 amide bonds. The third-order valence-electron chi connectivity index (χ3n) is 2.49. The molecule has 0 unspecified atom stereocenters. The average Bonchev–Trinajstić information content (AvgIpc) is 2.01. The molecule has 0 rings (SSSR count). The van der Waals surface area contributed by atoms with Crippen LogP contribution in [0.2, 0.25) is 0 Å². The van der Waals surface area contributed by atoms with Gasteiger partial charge in [0.1, 0.15) is 0 Å². The first-order valence-electron chi connectivity index (χ1n) is 5.04. The van der Waals surface area contributed by atoms with Crippen molar-refractivity contribution in [3.8, 4) is 0 Å². The predicted octanol–water partition coefficient (Wildman–Crippen LogP) is 2.25. The molecule has 0 radical (unpaired) electrons. The van der Waals surface area contributed by atoms with Crippen LogP contribution in [0, 0.1) is 11.8 Å². The van der Waals surface area contributed by atoms with E-state index in [9.17, 15) is 4.79 Å². The van der Waals surface area contributed by atoms with Crippen molar-refractivity contribution in [2.24, 2.45) is 11.8 Å². The summed E-state index contributed by atoms with van der Waals surface area (Å²) in [5, 5.41) is 11.8. The Morgan fingerprint density at radius 1 is 1.43 bits per heavy atom. The highest BCUT2D eigenvalue weighted by molar-refractivity contribution is 5.66. The molecule has 0 aliphatic carbocycles. The number of rotatable bonds is 7. The molecule has 2 atom stereocenters. The summed E-state index contributed by atoms with van der Waals surface area (Å²) in [6.45, 7) is 10.6. The van der Waals surface area contributed by atoms with Crippen LogP contribution in [0.3, 0.4) is 0 Å². The van der Waals surface area contributed by atoms with Gasteiger partial charge in [-0.25, -0.2) is 0 Å². The summed E-state index contributed by atoms with van der Waals surface area (Å²) in [7, 11) is 0. The quantitative estimate of drug-likeness (QED) is 0.661. The molecular formula is C11H21NO2. The number of carbonyl (C=O) groups is 1. The van der Waals surface area contributed by atoms with Crippen LogP contribution in [-0.4, -0.2) is 17.6 Å². The van der Waals surface area contributed by atoms with Gasteiger partial charge in [0.25, 0.3) is 0 Å². The number of hydrogen-bond acceptors (Lipinski definition) is 2. The third kappa shape index (κ3) is 6.52. The highest BCUT2D eigenvalue weighted by Crippen LogP contribution is 2.17. The van der Waals surface area contributed by atoms with Crippen LogP contribution in [0.1, 0.15) is 33.6 Å². The van der Waals surface area contributed by atoms with Gasteiger partial charge in [0.15, 0.2) is 0 Å². The molecule has 0 saturated carbocycles. The zero-order valence-electron chi connectivity index (χ0n) is 9.34. The molecule has 2 N–H and O–H groups in total. The molecule has 0 aliphatic rings. The van der Waals surface area contributed by atoms with E-state index in [1.54, 1.807) is 0 Å². The van der Waals surface area contributed by atoms with Gasteiger partial charge in [-0.3, -0.25) is 4.79 Å². The van der Waals surface area contributed by atoms with Crippen molar-refractivity contribution in [2.75, 3.05) is 6.54 Å². The fourth-order valence-electron chi connectivity index (χ4n) is 1.27. The minimum absolute atomic E-state index is 0.236. The molecule has 82 valence electrons. The summed E-state index contributed by atoms with van der Waals surface area (Å²) in [4.78, 5) is 10.5. The van der Waals surface area contributed by atoms with Crippen LogP contribution in [0.15, 0.2) is 12.3 Å². The van der Waals surface area contributed by atoms with E-state index >= 15 is 0 Å². The third-order valence-corrected chi connectivity index (χ3v) is 2.49. The first-order chi connectivity index (χ1) is 6.43. The van der Waals surface area contributed by atoms with Crippen LogP contribution in [0.25, 0.3) is 0 Å². The molecule has 3 nitrogen and oxygen atoms in total. The number of allylic oxidation sites excluding steroid dienone is 1. The van der Waals surface area contributed by atoms with Crippen molar-refractivity contribution in [1.29, 1.82) is 0 Å². The van der Waals surface area contributed by atoms with Crippen LogP contribution in [0.4, 0.5) is 0 Å². The summed E-state index contributed by atoms with van der Waals surface area (Å²) in [6, 6.07) is 0. The second-order valence-electron chi connectivity index (χ2n) is 4.05. The summed E-state index contributed by atoms with van der Waals surface area (Å²) < 4.78 is 0.